The van der Waals surface area contributed by atoms with Crippen molar-refractivity contribution in [1.82, 2.24) is 5.01 Å². The van der Waals surface area contributed by atoms with Crippen LogP contribution in [0.4, 0.5) is 0 Å². The number of fused-ring (bicyclic) bond motifs is 5. The number of carbonyl (C=O) groups is 3. The molecule has 2 fully saturated rings. The summed E-state index contributed by atoms with van der Waals surface area (Å²) in [6.07, 6.45) is 6.25. The Balaban J connectivity index is 1.39. The number of hydrogen-bond acceptors (Lipinski definition) is 5. The Morgan fingerprint density at radius 3 is 2.41 bits per heavy atom. The van der Waals surface area contributed by atoms with E-state index in [1.54, 1.807) is 18.2 Å². The summed E-state index contributed by atoms with van der Waals surface area (Å²) in [7, 11) is 0. The van der Waals surface area contributed by atoms with Crippen molar-refractivity contribution in [1.29, 1.82) is 0 Å². The highest BCUT2D eigenvalue weighted by atomic mass is 79.9. The first-order valence-electron chi connectivity index (χ1n) is 9.90. The van der Waals surface area contributed by atoms with Crippen molar-refractivity contribution in [3.8, 4) is 5.75 Å². The van der Waals surface area contributed by atoms with Crippen LogP contribution in [0.25, 0.3) is 0 Å². The van der Waals surface area contributed by atoms with E-state index in [0.717, 1.165) is 11.4 Å². The van der Waals surface area contributed by atoms with Crippen molar-refractivity contribution >= 4 is 63.1 Å². The minimum atomic E-state index is -0.672. The predicted molar refractivity (Wildman–Crippen MR) is 123 cm³/mol. The van der Waals surface area contributed by atoms with E-state index in [9.17, 15) is 14.4 Å². The molecule has 1 saturated heterocycles. The van der Waals surface area contributed by atoms with Gasteiger partial charge in [-0.05, 0) is 54.7 Å². The van der Waals surface area contributed by atoms with Crippen molar-refractivity contribution in [2.45, 2.75) is 6.42 Å². The highest BCUT2D eigenvalue weighted by Crippen LogP contribution is 2.52. The summed E-state index contributed by atoms with van der Waals surface area (Å²) in [4.78, 5) is 38.3. The van der Waals surface area contributed by atoms with E-state index >= 15 is 0 Å². The Kier molecular flexibility index (Phi) is 5.43. The minimum absolute atomic E-state index is 0.105. The zero-order chi connectivity index (χ0) is 22.6. The molecule has 0 N–H and O–H groups in total. The molecule has 1 saturated carbocycles. The fourth-order valence-corrected chi connectivity index (χ4v) is 5.51. The van der Waals surface area contributed by atoms with Crippen LogP contribution < -0.4 is 4.74 Å². The van der Waals surface area contributed by atoms with Gasteiger partial charge in [0.15, 0.2) is 0 Å². The van der Waals surface area contributed by atoms with Crippen LogP contribution in [0.3, 0.4) is 0 Å². The van der Waals surface area contributed by atoms with Gasteiger partial charge < -0.3 is 4.74 Å². The maximum Gasteiger partial charge on any atom is 0.345 e. The topological polar surface area (TPSA) is 76.0 Å². The quantitative estimate of drug-likeness (QED) is 0.180. The summed E-state index contributed by atoms with van der Waals surface area (Å²) in [5.41, 5.74) is 0.569. The van der Waals surface area contributed by atoms with Crippen LogP contribution in [0.5, 0.6) is 5.75 Å². The van der Waals surface area contributed by atoms with Crippen LogP contribution in [-0.2, 0) is 9.59 Å². The Hall–Kier alpha value is -2.48. The van der Waals surface area contributed by atoms with E-state index in [1.165, 1.54) is 24.4 Å². The third-order valence-electron chi connectivity index (χ3n) is 6.08. The first kappa shape index (κ1) is 21.4. The van der Waals surface area contributed by atoms with E-state index in [-0.39, 0.29) is 51.8 Å². The fourth-order valence-electron chi connectivity index (χ4n) is 4.64. The van der Waals surface area contributed by atoms with Crippen molar-refractivity contribution in [3.63, 3.8) is 0 Å². The van der Waals surface area contributed by atoms with Crippen molar-refractivity contribution in [2.24, 2.45) is 28.8 Å². The first-order chi connectivity index (χ1) is 15.3. The molecule has 1 heterocycles. The standard InChI is InChI=1S/C23H15BrCl2N2O4/c24-14-3-6-18(32-23(31)16-5-4-15(25)9-17(16)26)13(8-14)10-27-28-21(29)19-11-1-2-12(7-11)20(19)22(28)30/h1-6,8-12,19-20H,7H2/t11-,12-,19-,20+/m0/s1. The number of imide groups is 1. The normalized spacial score (nSPS) is 25.8. The lowest BCUT2D eigenvalue weighted by atomic mass is 9.85. The number of allylic oxidation sites excluding steroid dienone is 2. The number of nitrogens with zero attached hydrogens (tertiary/aromatic N) is 2. The molecule has 2 aromatic rings. The molecule has 6 nitrogen and oxygen atoms in total. The molecular weight excluding hydrogens is 519 g/mol. The molecule has 1 aliphatic heterocycles. The van der Waals surface area contributed by atoms with Gasteiger partial charge in [-0.25, -0.2) is 4.79 Å². The molecule has 3 aliphatic rings. The van der Waals surface area contributed by atoms with Gasteiger partial charge in [-0.2, -0.15) is 10.1 Å². The molecule has 0 spiro atoms. The van der Waals surface area contributed by atoms with Gasteiger partial charge in [0, 0.05) is 15.1 Å². The molecule has 162 valence electrons. The molecule has 0 radical (unpaired) electrons. The summed E-state index contributed by atoms with van der Waals surface area (Å²) >= 11 is 15.4. The van der Waals surface area contributed by atoms with Crippen LogP contribution in [-0.4, -0.2) is 29.0 Å². The second-order valence-electron chi connectivity index (χ2n) is 7.93. The average Bonchev–Trinajstić information content (AvgIpc) is 3.42. The van der Waals surface area contributed by atoms with E-state index in [2.05, 4.69) is 21.0 Å². The van der Waals surface area contributed by atoms with Crippen LogP contribution in [0, 0.1) is 23.7 Å². The number of amides is 2. The highest BCUT2D eigenvalue weighted by Gasteiger charge is 2.59. The molecule has 0 aromatic heterocycles. The molecule has 2 aromatic carbocycles. The van der Waals surface area contributed by atoms with Crippen LogP contribution in [0.2, 0.25) is 10.0 Å². The Morgan fingerprint density at radius 1 is 1.06 bits per heavy atom. The van der Waals surface area contributed by atoms with Crippen molar-refractivity contribution < 1.29 is 19.1 Å². The zero-order valence-corrected chi connectivity index (χ0v) is 19.5. The third-order valence-corrected chi connectivity index (χ3v) is 7.13. The Bertz CT molecular complexity index is 1200. The maximum atomic E-state index is 12.8. The highest BCUT2D eigenvalue weighted by molar-refractivity contribution is 9.10. The van der Waals surface area contributed by atoms with Gasteiger partial charge in [0.25, 0.3) is 11.8 Å². The molecule has 2 aliphatic carbocycles. The van der Waals surface area contributed by atoms with Gasteiger partial charge in [0.1, 0.15) is 5.75 Å². The molecule has 2 amide bonds. The van der Waals surface area contributed by atoms with E-state index in [1.807, 2.05) is 12.2 Å². The predicted octanol–water partition coefficient (Wildman–Crippen LogP) is 5.12. The number of ether oxygens (including phenoxy) is 1. The van der Waals surface area contributed by atoms with Crippen molar-refractivity contribution in [2.75, 3.05) is 0 Å². The third kappa shape index (κ3) is 3.58. The SMILES string of the molecule is O=C(Oc1ccc(Br)cc1C=NN1C(=O)[C@@H]2[C@H](C1=O)[C@H]1C=C[C@H]2C1)c1ccc(Cl)cc1Cl. The second-order valence-corrected chi connectivity index (χ2v) is 9.69. The second kappa shape index (κ2) is 8.14. The van der Waals surface area contributed by atoms with E-state index in [4.69, 9.17) is 27.9 Å². The average molecular weight is 534 g/mol. The number of esters is 1. The summed E-state index contributed by atoms with van der Waals surface area (Å²) in [6, 6.07) is 9.42. The molecule has 0 unspecified atom stereocenters. The molecule has 2 bridgehead atoms. The van der Waals surface area contributed by atoms with E-state index in [0.29, 0.717) is 15.1 Å². The smallest absolute Gasteiger partial charge is 0.345 e. The molecule has 32 heavy (non-hydrogen) atoms. The maximum absolute atomic E-state index is 12.8. The number of benzene rings is 2. The Labute approximate surface area is 201 Å². The summed E-state index contributed by atoms with van der Waals surface area (Å²) in [6.45, 7) is 0. The lowest BCUT2D eigenvalue weighted by Gasteiger charge is -2.13. The molecule has 9 heteroatoms. The number of hydrazone groups is 1. The fraction of sp³-hybridized carbons (Fsp3) is 0.217. The number of carbonyl (C=O) groups excluding carboxylic acids is 3. The first-order valence-corrected chi connectivity index (χ1v) is 11.5. The van der Waals surface area contributed by atoms with Gasteiger partial charge in [-0.15, -0.1) is 0 Å². The van der Waals surface area contributed by atoms with E-state index < -0.39 is 5.97 Å². The van der Waals surface area contributed by atoms with Crippen molar-refractivity contribution in [3.05, 3.63) is 74.2 Å². The minimum Gasteiger partial charge on any atom is -0.422 e. The van der Waals surface area contributed by atoms with Crippen LogP contribution >= 0.6 is 39.1 Å². The summed E-state index contributed by atoms with van der Waals surface area (Å²) in [5, 5.41) is 5.68. The number of halogens is 3. The largest absolute Gasteiger partial charge is 0.422 e. The van der Waals surface area contributed by atoms with Crippen LogP contribution in [0.15, 0.2) is 58.1 Å². The van der Waals surface area contributed by atoms with Crippen LogP contribution in [0.1, 0.15) is 22.3 Å². The monoisotopic (exact) mass is 532 g/mol. The summed E-state index contributed by atoms with van der Waals surface area (Å²) < 4.78 is 6.23. The molecule has 5 rings (SSSR count). The van der Waals surface area contributed by atoms with Gasteiger partial charge in [-0.1, -0.05) is 51.3 Å². The lowest BCUT2D eigenvalue weighted by Crippen LogP contribution is -2.28. The number of rotatable bonds is 4. The molecule has 4 atom stereocenters. The summed E-state index contributed by atoms with van der Waals surface area (Å²) in [5.74, 6) is -1.49. The number of hydrogen-bond donors (Lipinski definition) is 0. The van der Waals surface area contributed by atoms with Gasteiger partial charge in [0.05, 0.1) is 28.6 Å². The van der Waals surface area contributed by atoms with Gasteiger partial charge in [0.2, 0.25) is 0 Å². The zero-order valence-electron chi connectivity index (χ0n) is 16.4. The van der Waals surface area contributed by atoms with Gasteiger partial charge >= 0.3 is 5.97 Å². The molecular formula is C23H15BrCl2N2O4. The Morgan fingerprint density at radius 2 is 1.75 bits per heavy atom. The van der Waals surface area contributed by atoms with Gasteiger partial charge in [-0.3, -0.25) is 9.59 Å². The lowest BCUT2D eigenvalue weighted by molar-refractivity contribution is -0.140.